The summed E-state index contributed by atoms with van der Waals surface area (Å²) in [6.45, 7) is -0.513. The number of alkyl halides is 1. The molecule has 0 fully saturated rings. The molecule has 0 bridgehead atoms. The van der Waals surface area contributed by atoms with E-state index in [-0.39, 0.29) is 5.75 Å². The van der Waals surface area contributed by atoms with E-state index in [0.717, 1.165) is 11.3 Å². The van der Waals surface area contributed by atoms with Gasteiger partial charge >= 0.3 is 0 Å². The van der Waals surface area contributed by atoms with Crippen LogP contribution >= 0.6 is 0 Å². The molecule has 1 heterocycles. The molecule has 0 radical (unpaired) electrons. The Morgan fingerprint density at radius 3 is 2.67 bits per heavy atom. The normalized spacial score (nSPS) is 10.5. The number of phenolic OH excluding ortho intramolecular Hbond substituents is 1. The number of hydrogen-bond acceptors (Lipinski definition) is 4. The standard InChI is InChI=1S/C15H13FN4O/c16-9-10-2-1-3-11(8-10)14-18-15(20-19-14)17-12-4-6-13(21)7-5-12/h1-8,21H,9H2,(H2,17,18,19,20). The van der Waals surface area contributed by atoms with Gasteiger partial charge in [0.1, 0.15) is 12.4 Å². The quantitative estimate of drug-likeness (QED) is 0.642. The lowest BCUT2D eigenvalue weighted by Crippen LogP contribution is -1.91. The molecule has 3 aromatic rings. The molecule has 0 atom stereocenters. The average Bonchev–Trinajstić information content (AvgIpc) is 2.98. The molecule has 0 saturated carbocycles. The van der Waals surface area contributed by atoms with Crippen molar-refractivity contribution >= 4 is 11.6 Å². The molecule has 0 aliphatic heterocycles. The summed E-state index contributed by atoms with van der Waals surface area (Å²) in [6.07, 6.45) is 0. The summed E-state index contributed by atoms with van der Waals surface area (Å²) in [5, 5.41) is 20.3. The molecule has 0 amide bonds. The van der Waals surface area contributed by atoms with Gasteiger partial charge in [0.15, 0.2) is 5.82 Å². The summed E-state index contributed by atoms with van der Waals surface area (Å²) in [6, 6.07) is 13.7. The minimum absolute atomic E-state index is 0.196. The second-order valence-corrected chi connectivity index (χ2v) is 4.53. The molecule has 3 rings (SSSR count). The number of aromatic amines is 1. The molecule has 0 aliphatic carbocycles. The van der Waals surface area contributed by atoms with Crippen molar-refractivity contribution in [2.45, 2.75) is 6.67 Å². The zero-order valence-corrected chi connectivity index (χ0v) is 11.0. The second kappa shape index (κ2) is 5.62. The van der Waals surface area contributed by atoms with Gasteiger partial charge in [-0.2, -0.15) is 0 Å². The minimum atomic E-state index is -0.513. The molecular formula is C15H13FN4O. The van der Waals surface area contributed by atoms with Crippen molar-refractivity contribution in [3.05, 3.63) is 54.1 Å². The first-order valence-electron chi connectivity index (χ1n) is 6.38. The van der Waals surface area contributed by atoms with E-state index in [1.807, 2.05) is 6.07 Å². The maximum Gasteiger partial charge on any atom is 0.226 e. The van der Waals surface area contributed by atoms with Crippen LogP contribution in [-0.4, -0.2) is 20.3 Å². The van der Waals surface area contributed by atoms with Gasteiger partial charge in [0.05, 0.1) is 0 Å². The van der Waals surface area contributed by atoms with Crippen molar-refractivity contribution in [1.82, 2.24) is 15.2 Å². The van der Waals surface area contributed by atoms with Crippen molar-refractivity contribution in [2.24, 2.45) is 0 Å². The third-order valence-corrected chi connectivity index (χ3v) is 2.97. The summed E-state index contributed by atoms with van der Waals surface area (Å²) >= 11 is 0. The van der Waals surface area contributed by atoms with Crippen LogP contribution in [0.1, 0.15) is 5.56 Å². The van der Waals surface area contributed by atoms with Crippen molar-refractivity contribution in [3.8, 4) is 17.1 Å². The van der Waals surface area contributed by atoms with Crippen LogP contribution in [0, 0.1) is 0 Å². The Labute approximate surface area is 120 Å². The number of hydrogen-bond donors (Lipinski definition) is 3. The van der Waals surface area contributed by atoms with Crippen molar-refractivity contribution < 1.29 is 9.50 Å². The van der Waals surface area contributed by atoms with E-state index in [1.54, 1.807) is 42.5 Å². The van der Waals surface area contributed by atoms with Crippen LogP contribution < -0.4 is 5.32 Å². The second-order valence-electron chi connectivity index (χ2n) is 4.53. The Balaban J connectivity index is 1.81. The first-order valence-corrected chi connectivity index (χ1v) is 6.38. The van der Waals surface area contributed by atoms with Gasteiger partial charge in [-0.3, -0.25) is 0 Å². The van der Waals surface area contributed by atoms with Gasteiger partial charge in [0.2, 0.25) is 5.95 Å². The van der Waals surface area contributed by atoms with Crippen LogP contribution in [0.5, 0.6) is 5.75 Å². The fourth-order valence-electron chi connectivity index (χ4n) is 1.93. The van der Waals surface area contributed by atoms with Gasteiger partial charge < -0.3 is 15.4 Å². The van der Waals surface area contributed by atoms with Crippen LogP contribution in [0.15, 0.2) is 48.5 Å². The number of rotatable bonds is 4. The number of benzene rings is 2. The maximum absolute atomic E-state index is 12.7. The molecule has 6 heteroatoms. The summed E-state index contributed by atoms with van der Waals surface area (Å²) < 4.78 is 12.7. The Kier molecular flexibility index (Phi) is 3.51. The smallest absolute Gasteiger partial charge is 0.226 e. The highest BCUT2D eigenvalue weighted by atomic mass is 19.1. The van der Waals surface area contributed by atoms with E-state index in [0.29, 0.717) is 17.3 Å². The van der Waals surface area contributed by atoms with E-state index < -0.39 is 6.67 Å². The van der Waals surface area contributed by atoms with Crippen LogP contribution in [-0.2, 0) is 6.67 Å². The zero-order chi connectivity index (χ0) is 14.7. The SMILES string of the molecule is Oc1ccc(Nc2nnc(-c3cccc(CF)c3)[nH]2)cc1. The minimum Gasteiger partial charge on any atom is -0.508 e. The molecule has 106 valence electrons. The lowest BCUT2D eigenvalue weighted by Gasteiger charge is -2.02. The molecule has 0 aliphatic rings. The lowest BCUT2D eigenvalue weighted by atomic mass is 10.1. The number of phenols is 1. The average molecular weight is 284 g/mol. The van der Waals surface area contributed by atoms with E-state index >= 15 is 0 Å². The van der Waals surface area contributed by atoms with Crippen molar-refractivity contribution in [2.75, 3.05) is 5.32 Å². The fraction of sp³-hybridized carbons (Fsp3) is 0.0667. The van der Waals surface area contributed by atoms with E-state index in [4.69, 9.17) is 0 Å². The summed E-state index contributed by atoms with van der Waals surface area (Å²) in [7, 11) is 0. The largest absolute Gasteiger partial charge is 0.508 e. The highest BCUT2D eigenvalue weighted by Gasteiger charge is 2.06. The highest BCUT2D eigenvalue weighted by Crippen LogP contribution is 2.20. The molecule has 3 N–H and O–H groups in total. The number of anilines is 2. The van der Waals surface area contributed by atoms with Crippen LogP contribution in [0.2, 0.25) is 0 Å². The summed E-state index contributed by atoms with van der Waals surface area (Å²) in [5.74, 6) is 1.23. The van der Waals surface area contributed by atoms with Gasteiger partial charge in [0.25, 0.3) is 0 Å². The van der Waals surface area contributed by atoms with Crippen LogP contribution in [0.3, 0.4) is 0 Å². The van der Waals surface area contributed by atoms with Gasteiger partial charge in [-0.15, -0.1) is 10.2 Å². The summed E-state index contributed by atoms with van der Waals surface area (Å²) in [4.78, 5) is 3.03. The molecule has 0 unspecified atom stereocenters. The van der Waals surface area contributed by atoms with Gasteiger partial charge in [-0.05, 0) is 35.9 Å². The molecule has 5 nitrogen and oxygen atoms in total. The van der Waals surface area contributed by atoms with E-state index in [9.17, 15) is 9.50 Å². The molecular weight excluding hydrogens is 271 g/mol. The number of nitrogens with one attached hydrogen (secondary N) is 2. The topological polar surface area (TPSA) is 73.8 Å². The zero-order valence-electron chi connectivity index (χ0n) is 11.0. The van der Waals surface area contributed by atoms with Crippen LogP contribution in [0.25, 0.3) is 11.4 Å². The monoisotopic (exact) mass is 284 g/mol. The molecule has 0 saturated heterocycles. The molecule has 2 aromatic carbocycles. The number of H-pyrrole nitrogens is 1. The first-order chi connectivity index (χ1) is 10.2. The maximum atomic E-state index is 12.7. The predicted octanol–water partition coefficient (Wildman–Crippen LogP) is 3.39. The highest BCUT2D eigenvalue weighted by molar-refractivity contribution is 5.60. The number of halogens is 1. The van der Waals surface area contributed by atoms with Crippen LogP contribution in [0.4, 0.5) is 16.0 Å². The van der Waals surface area contributed by atoms with E-state index in [1.165, 1.54) is 0 Å². The molecule has 21 heavy (non-hydrogen) atoms. The first kappa shape index (κ1) is 13.1. The Bertz CT molecular complexity index is 739. The Morgan fingerprint density at radius 1 is 1.10 bits per heavy atom. The molecule has 0 spiro atoms. The third-order valence-electron chi connectivity index (χ3n) is 2.97. The Morgan fingerprint density at radius 2 is 1.90 bits per heavy atom. The van der Waals surface area contributed by atoms with Gasteiger partial charge in [-0.25, -0.2) is 4.39 Å². The van der Waals surface area contributed by atoms with E-state index in [2.05, 4.69) is 20.5 Å². The summed E-state index contributed by atoms with van der Waals surface area (Å²) in [5.41, 5.74) is 2.14. The van der Waals surface area contributed by atoms with Crippen molar-refractivity contribution in [1.29, 1.82) is 0 Å². The lowest BCUT2D eigenvalue weighted by molar-refractivity contribution is 0.475. The number of aromatic nitrogens is 3. The predicted molar refractivity (Wildman–Crippen MR) is 78.0 cm³/mol. The Hall–Kier alpha value is -2.89. The molecule has 1 aromatic heterocycles. The number of nitrogens with zero attached hydrogens (tertiary/aromatic N) is 2. The fourth-order valence-corrected chi connectivity index (χ4v) is 1.93. The third kappa shape index (κ3) is 3.00. The number of aromatic hydroxyl groups is 1. The van der Waals surface area contributed by atoms with Gasteiger partial charge in [0, 0.05) is 11.3 Å². The van der Waals surface area contributed by atoms with Gasteiger partial charge in [-0.1, -0.05) is 18.2 Å². The van der Waals surface area contributed by atoms with Crippen molar-refractivity contribution in [3.63, 3.8) is 0 Å².